The Kier molecular flexibility index (Phi) is 2.86. The van der Waals surface area contributed by atoms with Gasteiger partial charge in [-0.25, -0.2) is 8.42 Å². The number of nitrogens with one attached hydrogen (secondary N) is 1. The summed E-state index contributed by atoms with van der Waals surface area (Å²) in [5.74, 6) is 0. The van der Waals surface area contributed by atoms with E-state index in [2.05, 4.69) is 5.32 Å². The van der Waals surface area contributed by atoms with E-state index < -0.39 is 9.84 Å². The van der Waals surface area contributed by atoms with E-state index in [-0.39, 0.29) is 0 Å². The Morgan fingerprint density at radius 1 is 1.25 bits per heavy atom. The quantitative estimate of drug-likeness (QED) is 0.872. The normalized spacial score (nSPS) is 17.3. The van der Waals surface area contributed by atoms with Crippen LogP contribution in [0.15, 0.2) is 34.6 Å². The summed E-state index contributed by atoms with van der Waals surface area (Å²) >= 11 is 0. The number of fused-ring (bicyclic) bond motifs is 1. The van der Waals surface area contributed by atoms with Gasteiger partial charge < -0.3 is 5.32 Å². The van der Waals surface area contributed by atoms with Crippen molar-refractivity contribution in [3.05, 3.63) is 35.2 Å². The van der Waals surface area contributed by atoms with Gasteiger partial charge in [0.05, 0.1) is 4.90 Å². The van der Waals surface area contributed by atoms with Gasteiger partial charge in [0, 0.05) is 18.0 Å². The van der Waals surface area contributed by atoms with E-state index in [4.69, 9.17) is 0 Å². The van der Waals surface area contributed by atoms with Crippen molar-refractivity contribution in [1.29, 1.82) is 0 Å². The van der Waals surface area contributed by atoms with Crippen molar-refractivity contribution in [3.8, 4) is 0 Å². The van der Waals surface area contributed by atoms with Crippen LogP contribution in [0.1, 0.15) is 19.4 Å². The van der Waals surface area contributed by atoms with Gasteiger partial charge in [-0.3, -0.25) is 0 Å². The number of benzene rings is 1. The van der Waals surface area contributed by atoms with Gasteiger partial charge in [-0.2, -0.15) is 0 Å². The molecule has 0 atom stereocenters. The van der Waals surface area contributed by atoms with Crippen molar-refractivity contribution in [1.82, 2.24) is 5.32 Å². The fourth-order valence-electron chi connectivity index (χ4n) is 1.75. The smallest absolute Gasteiger partial charge is 0.200 e. The largest absolute Gasteiger partial charge is 0.310 e. The predicted octanol–water partition coefficient (Wildman–Crippen LogP) is 1.81. The molecule has 0 bridgehead atoms. The summed E-state index contributed by atoms with van der Waals surface area (Å²) in [6.45, 7) is 4.67. The van der Waals surface area contributed by atoms with Crippen LogP contribution >= 0.6 is 0 Å². The summed E-state index contributed by atoms with van der Waals surface area (Å²) < 4.78 is 23.6. The Labute approximate surface area is 96.1 Å². The average Bonchev–Trinajstić information content (AvgIpc) is 2.49. The summed E-state index contributed by atoms with van der Waals surface area (Å²) in [5.41, 5.74) is 1.68. The van der Waals surface area contributed by atoms with Crippen LogP contribution in [0.5, 0.6) is 0 Å². The Hall–Kier alpha value is -1.13. The lowest BCUT2D eigenvalue weighted by atomic mass is 10.1. The Morgan fingerprint density at radius 3 is 2.62 bits per heavy atom. The van der Waals surface area contributed by atoms with Gasteiger partial charge >= 0.3 is 0 Å². The lowest BCUT2D eigenvalue weighted by molar-refractivity contribution is 0.605. The summed E-state index contributed by atoms with van der Waals surface area (Å²) in [6, 6.07) is 7.47. The van der Waals surface area contributed by atoms with Crippen LogP contribution in [-0.4, -0.2) is 21.0 Å². The summed E-state index contributed by atoms with van der Waals surface area (Å²) in [5, 5.41) is 4.60. The van der Waals surface area contributed by atoms with Crippen LogP contribution in [-0.2, 0) is 9.84 Å². The second-order valence-electron chi connectivity index (χ2n) is 4.22. The first-order chi connectivity index (χ1) is 7.50. The lowest BCUT2D eigenvalue weighted by Gasteiger charge is -2.09. The van der Waals surface area contributed by atoms with Crippen molar-refractivity contribution in [2.24, 2.45) is 0 Å². The molecule has 0 aromatic heterocycles. The fraction of sp³-hybridized carbons (Fsp3) is 0.333. The van der Waals surface area contributed by atoms with Gasteiger partial charge in [-0.05, 0) is 17.2 Å². The molecule has 1 N–H and O–H groups in total. The zero-order valence-electron chi connectivity index (χ0n) is 9.40. The van der Waals surface area contributed by atoms with Gasteiger partial charge in [0.15, 0.2) is 0 Å². The van der Waals surface area contributed by atoms with Crippen LogP contribution in [0.2, 0.25) is 0 Å². The molecule has 3 nitrogen and oxygen atoms in total. The first kappa shape index (κ1) is 11.4. The van der Waals surface area contributed by atoms with E-state index >= 15 is 0 Å². The van der Waals surface area contributed by atoms with Crippen LogP contribution in [0, 0.1) is 0 Å². The second kappa shape index (κ2) is 4.03. The van der Waals surface area contributed by atoms with Crippen molar-refractivity contribution in [3.63, 3.8) is 0 Å². The number of hydrogen-bond acceptors (Lipinski definition) is 3. The number of rotatable bonds is 3. The summed E-state index contributed by atoms with van der Waals surface area (Å²) in [4.78, 5) is 0.426. The first-order valence-corrected chi connectivity index (χ1v) is 6.84. The molecule has 86 valence electrons. The topological polar surface area (TPSA) is 46.2 Å². The molecule has 0 unspecified atom stereocenters. The monoisotopic (exact) mass is 237 g/mol. The SMILES string of the molecule is CC(C)NCC1=CS(=O)(=O)c2ccccc21. The molecule has 1 aliphatic heterocycles. The third-order valence-electron chi connectivity index (χ3n) is 2.54. The van der Waals surface area contributed by atoms with Crippen molar-refractivity contribution in [2.75, 3.05) is 6.54 Å². The van der Waals surface area contributed by atoms with Gasteiger partial charge in [0.2, 0.25) is 9.84 Å². The Balaban J connectivity index is 2.36. The molecule has 0 saturated heterocycles. The molecule has 1 aliphatic rings. The highest BCUT2D eigenvalue weighted by Crippen LogP contribution is 2.32. The Morgan fingerprint density at radius 2 is 1.94 bits per heavy atom. The molecule has 1 aromatic rings. The predicted molar refractivity (Wildman–Crippen MR) is 64.7 cm³/mol. The van der Waals surface area contributed by atoms with Gasteiger partial charge in [0.1, 0.15) is 0 Å². The van der Waals surface area contributed by atoms with Crippen molar-refractivity contribution in [2.45, 2.75) is 24.8 Å². The van der Waals surface area contributed by atoms with Gasteiger partial charge in [0.25, 0.3) is 0 Å². The standard InChI is InChI=1S/C12H15NO2S/c1-9(2)13-7-10-8-16(14,15)12-6-4-3-5-11(10)12/h3-6,8-9,13H,7H2,1-2H3. The van der Waals surface area contributed by atoms with Crippen LogP contribution < -0.4 is 5.32 Å². The van der Waals surface area contributed by atoms with Crippen molar-refractivity contribution >= 4 is 15.4 Å². The first-order valence-electron chi connectivity index (χ1n) is 5.29. The minimum Gasteiger partial charge on any atom is -0.310 e. The highest BCUT2D eigenvalue weighted by atomic mass is 32.2. The maximum Gasteiger partial charge on any atom is 0.200 e. The lowest BCUT2D eigenvalue weighted by Crippen LogP contribution is -2.24. The molecule has 0 radical (unpaired) electrons. The molecular formula is C12H15NO2S. The molecule has 0 amide bonds. The second-order valence-corrected chi connectivity index (χ2v) is 5.99. The highest BCUT2D eigenvalue weighted by molar-refractivity contribution is 7.95. The van der Waals surface area contributed by atoms with E-state index in [1.54, 1.807) is 12.1 Å². The summed E-state index contributed by atoms with van der Waals surface area (Å²) in [6.07, 6.45) is 0. The Bertz CT molecular complexity index is 530. The zero-order chi connectivity index (χ0) is 11.8. The molecule has 1 aromatic carbocycles. The third-order valence-corrected chi connectivity index (χ3v) is 4.10. The molecular weight excluding hydrogens is 222 g/mol. The third kappa shape index (κ3) is 2.03. The van der Waals surface area contributed by atoms with Gasteiger partial charge in [-0.1, -0.05) is 32.0 Å². The molecule has 0 saturated carbocycles. The van der Waals surface area contributed by atoms with E-state index in [1.807, 2.05) is 26.0 Å². The molecule has 1 heterocycles. The van der Waals surface area contributed by atoms with Crippen molar-refractivity contribution < 1.29 is 8.42 Å². The van der Waals surface area contributed by atoms with Crippen LogP contribution in [0.25, 0.3) is 5.57 Å². The fourth-order valence-corrected chi connectivity index (χ4v) is 3.23. The summed E-state index contributed by atoms with van der Waals surface area (Å²) in [7, 11) is -3.20. The molecule has 4 heteroatoms. The minimum atomic E-state index is -3.20. The molecule has 0 fully saturated rings. The minimum absolute atomic E-state index is 0.344. The highest BCUT2D eigenvalue weighted by Gasteiger charge is 2.25. The number of hydrogen-bond donors (Lipinski definition) is 1. The van der Waals surface area contributed by atoms with E-state index in [0.29, 0.717) is 17.5 Å². The van der Waals surface area contributed by atoms with Crippen LogP contribution in [0.3, 0.4) is 0 Å². The maximum atomic E-state index is 11.8. The van der Waals surface area contributed by atoms with E-state index in [1.165, 1.54) is 5.41 Å². The average molecular weight is 237 g/mol. The van der Waals surface area contributed by atoms with E-state index in [9.17, 15) is 8.42 Å². The number of sulfone groups is 1. The molecule has 0 spiro atoms. The van der Waals surface area contributed by atoms with Crippen LogP contribution in [0.4, 0.5) is 0 Å². The molecule has 0 aliphatic carbocycles. The van der Waals surface area contributed by atoms with Gasteiger partial charge in [-0.15, -0.1) is 0 Å². The zero-order valence-corrected chi connectivity index (χ0v) is 10.2. The molecule has 2 rings (SSSR count). The van der Waals surface area contributed by atoms with E-state index in [0.717, 1.165) is 11.1 Å². The molecule has 16 heavy (non-hydrogen) atoms. The maximum absolute atomic E-state index is 11.8.